The fraction of sp³-hybridized carbons (Fsp3) is 0.417. The molecule has 1 saturated heterocycles. The second kappa shape index (κ2) is 4.73. The molecular formula is C12H13N3O5. The van der Waals surface area contributed by atoms with Crippen LogP contribution in [-0.4, -0.2) is 40.4 Å². The molecule has 1 fully saturated rings. The van der Waals surface area contributed by atoms with Gasteiger partial charge in [-0.15, -0.1) is 0 Å². The zero-order chi connectivity index (χ0) is 14.2. The Morgan fingerprint density at radius 2 is 2.40 bits per heavy atom. The second-order valence-electron chi connectivity index (χ2n) is 4.81. The largest absolute Gasteiger partial charge is 0.424 e. The summed E-state index contributed by atoms with van der Waals surface area (Å²) in [5.41, 5.74) is -0.114. The molecule has 0 aliphatic carbocycles. The third kappa shape index (κ3) is 2.43. The number of nitro groups is 1. The van der Waals surface area contributed by atoms with Crippen LogP contribution in [0.2, 0.25) is 0 Å². The Morgan fingerprint density at radius 1 is 1.55 bits per heavy atom. The molecule has 8 heteroatoms. The van der Waals surface area contributed by atoms with Crippen LogP contribution in [0.4, 0.5) is 11.7 Å². The van der Waals surface area contributed by atoms with Crippen LogP contribution in [0.25, 0.3) is 11.1 Å². The van der Waals surface area contributed by atoms with Crippen molar-refractivity contribution in [1.29, 1.82) is 0 Å². The van der Waals surface area contributed by atoms with Gasteiger partial charge in [0.2, 0.25) is 0 Å². The van der Waals surface area contributed by atoms with Crippen LogP contribution >= 0.6 is 0 Å². The number of aromatic nitrogens is 1. The number of rotatable bonds is 4. The van der Waals surface area contributed by atoms with E-state index in [0.29, 0.717) is 24.1 Å². The first-order valence-corrected chi connectivity index (χ1v) is 6.15. The number of ether oxygens (including phenoxy) is 1. The van der Waals surface area contributed by atoms with Gasteiger partial charge in [0.25, 0.3) is 11.7 Å². The Morgan fingerprint density at radius 3 is 3.10 bits per heavy atom. The maximum Gasteiger partial charge on any atom is 0.295 e. The van der Waals surface area contributed by atoms with Crippen molar-refractivity contribution >= 4 is 22.8 Å². The van der Waals surface area contributed by atoms with Crippen LogP contribution in [-0.2, 0) is 4.74 Å². The van der Waals surface area contributed by atoms with Gasteiger partial charge in [-0.2, -0.15) is 4.98 Å². The van der Waals surface area contributed by atoms with Crippen molar-refractivity contribution in [3.8, 4) is 0 Å². The maximum atomic E-state index is 10.7. The number of nitro benzene ring substituents is 1. The average molecular weight is 279 g/mol. The van der Waals surface area contributed by atoms with Gasteiger partial charge in [0.1, 0.15) is 11.1 Å². The first kappa shape index (κ1) is 12.8. The molecule has 1 atom stereocenters. The number of nitrogens with zero attached hydrogens (tertiary/aromatic N) is 2. The molecule has 1 unspecified atom stereocenters. The number of non-ortho nitro benzene ring substituents is 1. The number of hydrogen-bond donors (Lipinski definition) is 2. The molecule has 0 amide bonds. The van der Waals surface area contributed by atoms with Gasteiger partial charge >= 0.3 is 0 Å². The smallest absolute Gasteiger partial charge is 0.295 e. The summed E-state index contributed by atoms with van der Waals surface area (Å²) in [6.07, 6.45) is 0.547. The van der Waals surface area contributed by atoms with E-state index in [4.69, 9.17) is 9.15 Å². The number of oxazole rings is 1. The zero-order valence-electron chi connectivity index (χ0n) is 10.5. The molecule has 1 aliphatic rings. The lowest BCUT2D eigenvalue weighted by atomic mass is 10.0. The molecule has 0 saturated carbocycles. The number of fused-ring (bicyclic) bond motifs is 1. The molecule has 20 heavy (non-hydrogen) atoms. The van der Waals surface area contributed by atoms with Crippen molar-refractivity contribution in [2.75, 3.05) is 25.1 Å². The fourth-order valence-corrected chi connectivity index (χ4v) is 2.08. The summed E-state index contributed by atoms with van der Waals surface area (Å²) >= 11 is 0. The average Bonchev–Trinajstić information content (AvgIpc) is 3.01. The van der Waals surface area contributed by atoms with Crippen molar-refractivity contribution in [2.45, 2.75) is 12.0 Å². The van der Waals surface area contributed by atoms with Crippen LogP contribution < -0.4 is 5.32 Å². The van der Waals surface area contributed by atoms with Gasteiger partial charge in [0.15, 0.2) is 5.58 Å². The van der Waals surface area contributed by atoms with Crippen LogP contribution in [0.5, 0.6) is 0 Å². The van der Waals surface area contributed by atoms with E-state index in [1.807, 2.05) is 0 Å². The Labute approximate surface area is 113 Å². The van der Waals surface area contributed by atoms with Gasteiger partial charge in [0.05, 0.1) is 18.1 Å². The zero-order valence-corrected chi connectivity index (χ0v) is 10.5. The molecule has 0 radical (unpaired) electrons. The van der Waals surface area contributed by atoms with Gasteiger partial charge in [0, 0.05) is 25.2 Å². The fourth-order valence-electron chi connectivity index (χ4n) is 2.08. The summed E-state index contributed by atoms with van der Waals surface area (Å²) in [7, 11) is 0. The van der Waals surface area contributed by atoms with Crippen molar-refractivity contribution in [1.82, 2.24) is 4.98 Å². The van der Waals surface area contributed by atoms with Crippen LogP contribution in [0.1, 0.15) is 6.42 Å². The molecule has 0 spiro atoms. The molecule has 2 N–H and O–H groups in total. The quantitative estimate of drug-likeness (QED) is 0.641. The molecule has 1 aromatic carbocycles. The standard InChI is InChI=1S/C12H13N3O5/c16-12(3-4-19-7-12)6-13-11-14-9-5-8(15(17)18)1-2-10(9)20-11/h1-2,5,16H,3-4,6-7H2,(H,13,14). The first-order chi connectivity index (χ1) is 9.56. The Balaban J connectivity index is 1.77. The van der Waals surface area contributed by atoms with Crippen LogP contribution in [0.3, 0.4) is 0 Å². The molecular weight excluding hydrogens is 266 g/mol. The number of anilines is 1. The minimum absolute atomic E-state index is 0.0415. The minimum atomic E-state index is -0.924. The summed E-state index contributed by atoms with van der Waals surface area (Å²) in [5.74, 6) is 0. The lowest BCUT2D eigenvalue weighted by Gasteiger charge is -2.19. The lowest BCUT2D eigenvalue weighted by Crippen LogP contribution is -2.37. The van der Waals surface area contributed by atoms with Gasteiger partial charge in [-0.1, -0.05) is 0 Å². The molecule has 2 heterocycles. The number of nitrogens with one attached hydrogen (secondary N) is 1. The van der Waals surface area contributed by atoms with Crippen molar-refractivity contribution in [3.05, 3.63) is 28.3 Å². The summed E-state index contributed by atoms with van der Waals surface area (Å²) < 4.78 is 10.5. The third-order valence-electron chi connectivity index (χ3n) is 3.23. The molecule has 1 aromatic heterocycles. The van der Waals surface area contributed by atoms with E-state index in [-0.39, 0.29) is 24.9 Å². The molecule has 1 aliphatic heterocycles. The summed E-state index contributed by atoms with van der Waals surface area (Å²) in [6.45, 7) is 1.05. The SMILES string of the molecule is O=[N+]([O-])c1ccc2oc(NCC3(O)CCOC3)nc2c1. The highest BCUT2D eigenvalue weighted by atomic mass is 16.6. The van der Waals surface area contributed by atoms with E-state index in [1.54, 1.807) is 0 Å². The van der Waals surface area contributed by atoms with Crippen LogP contribution in [0, 0.1) is 10.1 Å². The molecule has 2 aromatic rings. The highest BCUT2D eigenvalue weighted by Gasteiger charge is 2.32. The minimum Gasteiger partial charge on any atom is -0.424 e. The Hall–Kier alpha value is -2.19. The number of hydrogen-bond acceptors (Lipinski definition) is 7. The topological polar surface area (TPSA) is 111 Å². The molecule has 106 valence electrons. The van der Waals surface area contributed by atoms with E-state index >= 15 is 0 Å². The predicted octanol–water partition coefficient (Wildman–Crippen LogP) is 1.30. The summed E-state index contributed by atoms with van der Waals surface area (Å²) in [5, 5.41) is 23.7. The van der Waals surface area contributed by atoms with E-state index in [2.05, 4.69) is 10.3 Å². The highest BCUT2D eigenvalue weighted by molar-refractivity contribution is 5.77. The lowest BCUT2D eigenvalue weighted by molar-refractivity contribution is -0.384. The van der Waals surface area contributed by atoms with E-state index < -0.39 is 10.5 Å². The Bertz CT molecular complexity index is 648. The summed E-state index contributed by atoms with van der Waals surface area (Å²) in [4.78, 5) is 14.3. The predicted molar refractivity (Wildman–Crippen MR) is 69.5 cm³/mol. The van der Waals surface area contributed by atoms with Gasteiger partial charge in [-0.05, 0) is 6.07 Å². The van der Waals surface area contributed by atoms with Crippen molar-refractivity contribution in [3.63, 3.8) is 0 Å². The summed E-state index contributed by atoms with van der Waals surface area (Å²) in [6, 6.07) is 4.42. The van der Waals surface area contributed by atoms with E-state index in [0.717, 1.165) is 0 Å². The number of aliphatic hydroxyl groups is 1. The van der Waals surface area contributed by atoms with Gasteiger partial charge in [-0.3, -0.25) is 10.1 Å². The molecule has 3 rings (SSSR count). The maximum absolute atomic E-state index is 10.7. The second-order valence-corrected chi connectivity index (χ2v) is 4.81. The van der Waals surface area contributed by atoms with Crippen molar-refractivity contribution < 1.29 is 19.2 Å². The Kier molecular flexibility index (Phi) is 3.03. The van der Waals surface area contributed by atoms with Gasteiger partial charge in [-0.25, -0.2) is 0 Å². The molecule has 0 bridgehead atoms. The molecule has 8 nitrogen and oxygen atoms in total. The van der Waals surface area contributed by atoms with Gasteiger partial charge < -0.3 is 19.6 Å². The number of benzene rings is 1. The van der Waals surface area contributed by atoms with E-state index in [9.17, 15) is 15.2 Å². The normalized spacial score (nSPS) is 22.2. The van der Waals surface area contributed by atoms with Crippen molar-refractivity contribution in [2.24, 2.45) is 0 Å². The van der Waals surface area contributed by atoms with Crippen LogP contribution in [0.15, 0.2) is 22.6 Å². The first-order valence-electron chi connectivity index (χ1n) is 6.15. The highest BCUT2D eigenvalue weighted by Crippen LogP contribution is 2.24. The van der Waals surface area contributed by atoms with E-state index in [1.165, 1.54) is 18.2 Å². The monoisotopic (exact) mass is 279 g/mol. The third-order valence-corrected chi connectivity index (χ3v) is 3.23.